The zero-order valence-electron chi connectivity index (χ0n) is 12.9. The van der Waals surface area contributed by atoms with E-state index in [9.17, 15) is 22.0 Å². The van der Waals surface area contributed by atoms with Crippen LogP contribution in [-0.4, -0.2) is 49.7 Å². The minimum atomic E-state index is -4.27. The van der Waals surface area contributed by atoms with Crippen molar-refractivity contribution in [2.45, 2.75) is 18.7 Å². The number of nitrogens with zero attached hydrogens (tertiary/aromatic N) is 2. The molecule has 1 heterocycles. The summed E-state index contributed by atoms with van der Waals surface area (Å²) in [5.41, 5.74) is 0.846. The van der Waals surface area contributed by atoms with E-state index in [4.69, 9.17) is 0 Å². The van der Waals surface area contributed by atoms with Gasteiger partial charge in [-0.3, -0.25) is 4.79 Å². The van der Waals surface area contributed by atoms with Crippen LogP contribution in [0.15, 0.2) is 34.7 Å². The van der Waals surface area contributed by atoms with E-state index >= 15 is 0 Å². The number of carbonyl (C=O) groups is 1. The van der Waals surface area contributed by atoms with Crippen molar-refractivity contribution in [3.05, 3.63) is 41.5 Å². The molecular formula is C15H18F2N2O3S. The predicted octanol–water partition coefficient (Wildman–Crippen LogP) is 1.76. The van der Waals surface area contributed by atoms with Crippen LogP contribution in [0.1, 0.15) is 13.8 Å². The summed E-state index contributed by atoms with van der Waals surface area (Å²) in [6.45, 7) is 3.94. The molecule has 1 saturated heterocycles. The van der Waals surface area contributed by atoms with Gasteiger partial charge in [-0.2, -0.15) is 4.31 Å². The Balaban J connectivity index is 2.16. The molecule has 1 aromatic rings. The van der Waals surface area contributed by atoms with E-state index in [2.05, 4.69) is 0 Å². The minimum Gasteiger partial charge on any atom is -0.337 e. The number of sulfonamides is 1. The second-order valence-corrected chi connectivity index (χ2v) is 7.38. The molecule has 8 heteroatoms. The molecule has 0 radical (unpaired) electrons. The van der Waals surface area contributed by atoms with E-state index < -0.39 is 26.6 Å². The number of halogens is 2. The molecule has 5 nitrogen and oxygen atoms in total. The first kappa shape index (κ1) is 17.6. The van der Waals surface area contributed by atoms with Crippen LogP contribution in [0, 0.1) is 11.6 Å². The average Bonchev–Trinajstić information content (AvgIpc) is 2.46. The molecule has 0 aromatic heterocycles. The fourth-order valence-corrected chi connectivity index (χ4v) is 3.88. The standard InChI is InChI=1S/C15H18F2N2O3S/c1-11(2)10-14(20)18-6-8-19(9-7-18)23(21,22)15-12(16)4-3-5-13(15)17/h3-5,10H,6-9H2,1-2H3. The zero-order valence-corrected chi connectivity index (χ0v) is 13.7. The normalized spacial score (nSPS) is 16.3. The minimum absolute atomic E-state index is 0.00154. The number of carbonyl (C=O) groups excluding carboxylic acids is 1. The van der Waals surface area contributed by atoms with Gasteiger partial charge in [0.25, 0.3) is 0 Å². The quantitative estimate of drug-likeness (QED) is 0.785. The van der Waals surface area contributed by atoms with E-state index in [1.165, 1.54) is 11.0 Å². The Morgan fingerprint density at radius 2 is 1.61 bits per heavy atom. The van der Waals surface area contributed by atoms with Crippen LogP contribution in [0.5, 0.6) is 0 Å². The Labute approximate surface area is 134 Å². The summed E-state index contributed by atoms with van der Waals surface area (Å²) in [5, 5.41) is 0. The van der Waals surface area contributed by atoms with Gasteiger partial charge in [0.15, 0.2) is 4.90 Å². The summed E-state index contributed by atoms with van der Waals surface area (Å²) in [7, 11) is -4.27. The van der Waals surface area contributed by atoms with Gasteiger partial charge in [-0.05, 0) is 26.0 Å². The van der Waals surface area contributed by atoms with Gasteiger partial charge < -0.3 is 4.90 Å². The molecule has 0 aliphatic carbocycles. The molecule has 1 amide bonds. The van der Waals surface area contributed by atoms with Crippen molar-refractivity contribution in [1.82, 2.24) is 9.21 Å². The molecule has 0 spiro atoms. The van der Waals surface area contributed by atoms with Gasteiger partial charge in [0, 0.05) is 32.3 Å². The summed E-state index contributed by atoms with van der Waals surface area (Å²) in [4.78, 5) is 12.5. The van der Waals surface area contributed by atoms with E-state index in [-0.39, 0.29) is 32.1 Å². The average molecular weight is 344 g/mol. The Morgan fingerprint density at radius 3 is 2.09 bits per heavy atom. The van der Waals surface area contributed by atoms with Crippen molar-refractivity contribution < 1.29 is 22.0 Å². The molecule has 1 aliphatic rings. The summed E-state index contributed by atoms with van der Waals surface area (Å²) in [5.74, 6) is -2.43. The van der Waals surface area contributed by atoms with Gasteiger partial charge in [-0.15, -0.1) is 0 Å². The highest BCUT2D eigenvalue weighted by molar-refractivity contribution is 7.89. The summed E-state index contributed by atoms with van der Waals surface area (Å²) < 4.78 is 53.3. The third-order valence-electron chi connectivity index (χ3n) is 3.48. The lowest BCUT2D eigenvalue weighted by Crippen LogP contribution is -2.50. The number of rotatable bonds is 3. The Kier molecular flexibility index (Phi) is 5.16. The second kappa shape index (κ2) is 6.76. The number of allylic oxidation sites excluding steroid dienone is 1. The maximum Gasteiger partial charge on any atom is 0.249 e. The highest BCUT2D eigenvalue weighted by atomic mass is 32.2. The lowest BCUT2D eigenvalue weighted by molar-refractivity contribution is -0.127. The van der Waals surface area contributed by atoms with Crippen molar-refractivity contribution in [2.75, 3.05) is 26.2 Å². The number of hydrogen-bond acceptors (Lipinski definition) is 3. The van der Waals surface area contributed by atoms with Crippen LogP contribution in [0.4, 0.5) is 8.78 Å². The van der Waals surface area contributed by atoms with Crippen LogP contribution in [0.25, 0.3) is 0 Å². The number of piperazine rings is 1. The van der Waals surface area contributed by atoms with Gasteiger partial charge in [0.2, 0.25) is 15.9 Å². The highest BCUT2D eigenvalue weighted by Gasteiger charge is 2.33. The van der Waals surface area contributed by atoms with Crippen LogP contribution >= 0.6 is 0 Å². The Morgan fingerprint density at radius 1 is 1.09 bits per heavy atom. The first-order valence-corrected chi connectivity index (χ1v) is 8.55. The molecule has 0 atom stereocenters. The molecule has 1 aromatic carbocycles. The van der Waals surface area contributed by atoms with E-state index in [1.54, 1.807) is 13.8 Å². The summed E-state index contributed by atoms with van der Waals surface area (Å²) in [6, 6.07) is 2.93. The smallest absolute Gasteiger partial charge is 0.249 e. The molecule has 2 rings (SSSR count). The molecule has 126 valence electrons. The fourth-order valence-electron chi connectivity index (χ4n) is 2.35. The van der Waals surface area contributed by atoms with Crippen molar-refractivity contribution in [3.8, 4) is 0 Å². The Hall–Kier alpha value is -1.80. The lowest BCUT2D eigenvalue weighted by atomic mass is 10.3. The van der Waals surface area contributed by atoms with Crippen molar-refractivity contribution in [2.24, 2.45) is 0 Å². The molecule has 1 fully saturated rings. The number of amides is 1. The number of hydrogen-bond donors (Lipinski definition) is 0. The molecule has 0 unspecified atom stereocenters. The summed E-state index contributed by atoms with van der Waals surface area (Å²) >= 11 is 0. The van der Waals surface area contributed by atoms with Gasteiger partial charge in [-0.25, -0.2) is 17.2 Å². The molecule has 1 aliphatic heterocycles. The van der Waals surface area contributed by atoms with Gasteiger partial charge >= 0.3 is 0 Å². The molecule has 0 N–H and O–H groups in total. The Bertz CT molecular complexity index is 715. The predicted molar refractivity (Wildman–Crippen MR) is 81.1 cm³/mol. The van der Waals surface area contributed by atoms with Crippen LogP contribution in [-0.2, 0) is 14.8 Å². The maximum atomic E-state index is 13.7. The SMILES string of the molecule is CC(C)=CC(=O)N1CCN(S(=O)(=O)c2c(F)cccc2F)CC1. The highest BCUT2D eigenvalue weighted by Crippen LogP contribution is 2.23. The van der Waals surface area contributed by atoms with Crippen molar-refractivity contribution >= 4 is 15.9 Å². The van der Waals surface area contributed by atoms with Crippen molar-refractivity contribution in [1.29, 1.82) is 0 Å². The van der Waals surface area contributed by atoms with E-state index in [0.29, 0.717) is 0 Å². The second-order valence-electron chi connectivity index (χ2n) is 5.50. The van der Waals surface area contributed by atoms with E-state index in [0.717, 1.165) is 28.1 Å². The topological polar surface area (TPSA) is 57.7 Å². The first-order chi connectivity index (χ1) is 10.7. The van der Waals surface area contributed by atoms with Gasteiger partial charge in [0.05, 0.1) is 0 Å². The third-order valence-corrected chi connectivity index (χ3v) is 5.43. The zero-order chi connectivity index (χ0) is 17.2. The lowest BCUT2D eigenvalue weighted by Gasteiger charge is -2.33. The van der Waals surface area contributed by atoms with Crippen LogP contribution < -0.4 is 0 Å². The number of benzene rings is 1. The fraction of sp³-hybridized carbons (Fsp3) is 0.400. The molecule has 23 heavy (non-hydrogen) atoms. The van der Waals surface area contributed by atoms with Crippen LogP contribution in [0.2, 0.25) is 0 Å². The third kappa shape index (κ3) is 3.76. The molecule has 0 bridgehead atoms. The monoisotopic (exact) mass is 344 g/mol. The van der Waals surface area contributed by atoms with Gasteiger partial charge in [-0.1, -0.05) is 11.6 Å². The maximum absolute atomic E-state index is 13.7. The van der Waals surface area contributed by atoms with Gasteiger partial charge in [0.1, 0.15) is 11.6 Å². The molecular weight excluding hydrogens is 326 g/mol. The van der Waals surface area contributed by atoms with Crippen LogP contribution in [0.3, 0.4) is 0 Å². The largest absolute Gasteiger partial charge is 0.337 e. The van der Waals surface area contributed by atoms with E-state index in [1.807, 2.05) is 0 Å². The van der Waals surface area contributed by atoms with Crippen molar-refractivity contribution in [3.63, 3.8) is 0 Å². The first-order valence-electron chi connectivity index (χ1n) is 7.11. The molecule has 0 saturated carbocycles. The summed E-state index contributed by atoms with van der Waals surface area (Å²) in [6.07, 6.45) is 1.47.